The molecule has 0 spiro atoms. The number of rotatable bonds is 5. The Labute approximate surface area is 90.2 Å². The zero-order valence-electron chi connectivity index (χ0n) is 8.37. The van der Waals surface area contributed by atoms with E-state index in [1.165, 1.54) is 0 Å². The Bertz CT molecular complexity index is 421. The van der Waals surface area contributed by atoms with E-state index in [2.05, 4.69) is 36.3 Å². The number of amides is 1. The summed E-state index contributed by atoms with van der Waals surface area (Å²) in [6, 6.07) is 0. The summed E-state index contributed by atoms with van der Waals surface area (Å²) in [5.41, 5.74) is 0. The summed E-state index contributed by atoms with van der Waals surface area (Å²) in [5, 5.41) is 22.7. The normalized spacial score (nSPS) is 10.2. The molecule has 0 saturated heterocycles. The Hall–Kier alpha value is -2.32. The van der Waals surface area contributed by atoms with Crippen LogP contribution in [0.5, 0.6) is 0 Å². The topological polar surface area (TPSA) is 114 Å². The van der Waals surface area contributed by atoms with E-state index < -0.39 is 0 Å². The Balaban J connectivity index is 1.67. The molecule has 0 aliphatic carbocycles. The first kappa shape index (κ1) is 10.2. The first-order valence-corrected chi connectivity index (χ1v) is 4.72. The largest absolute Gasteiger partial charge is 0.349 e. The van der Waals surface area contributed by atoms with Gasteiger partial charge in [-0.15, -0.1) is 15.3 Å². The van der Waals surface area contributed by atoms with E-state index in [4.69, 9.17) is 0 Å². The molecule has 2 aromatic heterocycles. The fraction of sp³-hybridized carbons (Fsp3) is 0.429. The second-order valence-electron chi connectivity index (χ2n) is 3.01. The second-order valence-corrected chi connectivity index (χ2v) is 3.01. The van der Waals surface area contributed by atoms with Crippen molar-refractivity contribution in [1.29, 1.82) is 0 Å². The lowest BCUT2D eigenvalue weighted by Gasteiger charge is -2.01. The van der Waals surface area contributed by atoms with Gasteiger partial charge >= 0.3 is 0 Å². The van der Waals surface area contributed by atoms with Gasteiger partial charge in [0.2, 0.25) is 0 Å². The molecule has 16 heavy (non-hydrogen) atoms. The fourth-order valence-corrected chi connectivity index (χ4v) is 1.13. The molecule has 0 radical (unpaired) electrons. The summed E-state index contributed by atoms with van der Waals surface area (Å²) in [6.45, 7) is 1.22. The molecule has 0 bridgehead atoms. The van der Waals surface area contributed by atoms with Crippen molar-refractivity contribution in [2.45, 2.75) is 13.0 Å². The SMILES string of the molecule is O=C(NCCCn1ccnn1)c1nn[nH]n1. The number of carbonyl (C=O) groups is 1. The number of aryl methyl sites for hydroxylation is 1. The minimum absolute atomic E-state index is 0.0424. The van der Waals surface area contributed by atoms with Crippen molar-refractivity contribution in [3.05, 3.63) is 18.2 Å². The molecule has 2 heterocycles. The van der Waals surface area contributed by atoms with Crippen molar-refractivity contribution in [1.82, 2.24) is 40.9 Å². The smallest absolute Gasteiger partial charge is 0.292 e. The van der Waals surface area contributed by atoms with E-state index >= 15 is 0 Å². The van der Waals surface area contributed by atoms with Crippen LogP contribution in [0.2, 0.25) is 0 Å². The van der Waals surface area contributed by atoms with Crippen molar-refractivity contribution in [2.75, 3.05) is 6.54 Å². The van der Waals surface area contributed by atoms with Crippen molar-refractivity contribution >= 4 is 5.91 Å². The summed E-state index contributed by atoms with van der Waals surface area (Å²) in [5.74, 6) is -0.298. The van der Waals surface area contributed by atoms with Gasteiger partial charge in [-0.05, 0) is 11.6 Å². The Morgan fingerprint density at radius 1 is 1.56 bits per heavy atom. The van der Waals surface area contributed by atoms with Gasteiger partial charge in [-0.3, -0.25) is 9.48 Å². The van der Waals surface area contributed by atoms with Crippen LogP contribution in [0.15, 0.2) is 12.4 Å². The number of tetrazole rings is 1. The highest BCUT2D eigenvalue weighted by atomic mass is 16.2. The van der Waals surface area contributed by atoms with E-state index in [-0.39, 0.29) is 11.7 Å². The zero-order valence-corrected chi connectivity index (χ0v) is 8.37. The number of aromatic nitrogens is 7. The molecule has 0 aliphatic heterocycles. The summed E-state index contributed by atoms with van der Waals surface area (Å²) in [7, 11) is 0. The minimum Gasteiger partial charge on any atom is -0.349 e. The molecule has 2 N–H and O–H groups in total. The first-order valence-electron chi connectivity index (χ1n) is 4.72. The molecule has 0 unspecified atom stereocenters. The Morgan fingerprint density at radius 2 is 2.50 bits per heavy atom. The first-order chi connectivity index (χ1) is 7.86. The monoisotopic (exact) mass is 222 g/mol. The quantitative estimate of drug-likeness (QED) is 0.602. The maximum atomic E-state index is 11.3. The number of H-pyrrole nitrogens is 1. The molecule has 0 aromatic carbocycles. The van der Waals surface area contributed by atoms with E-state index in [0.717, 1.165) is 6.42 Å². The summed E-state index contributed by atoms with van der Waals surface area (Å²) < 4.78 is 1.69. The third-order valence-electron chi connectivity index (χ3n) is 1.87. The van der Waals surface area contributed by atoms with Gasteiger partial charge in [0.15, 0.2) is 0 Å². The molecular weight excluding hydrogens is 212 g/mol. The highest BCUT2D eigenvalue weighted by Crippen LogP contribution is 1.87. The molecule has 0 atom stereocenters. The van der Waals surface area contributed by atoms with Gasteiger partial charge in [0.05, 0.1) is 6.20 Å². The van der Waals surface area contributed by atoms with Gasteiger partial charge in [0.1, 0.15) is 0 Å². The van der Waals surface area contributed by atoms with Crippen molar-refractivity contribution < 1.29 is 4.79 Å². The average Bonchev–Trinajstić information content (AvgIpc) is 2.96. The van der Waals surface area contributed by atoms with Crippen LogP contribution in [-0.4, -0.2) is 48.1 Å². The van der Waals surface area contributed by atoms with Gasteiger partial charge in [0.25, 0.3) is 11.7 Å². The number of carbonyl (C=O) groups excluding carboxylic acids is 1. The van der Waals surface area contributed by atoms with Crippen LogP contribution in [0, 0.1) is 0 Å². The van der Waals surface area contributed by atoms with Gasteiger partial charge in [0, 0.05) is 19.3 Å². The molecule has 0 fully saturated rings. The van der Waals surface area contributed by atoms with E-state index in [1.54, 1.807) is 17.1 Å². The number of nitrogens with zero attached hydrogens (tertiary/aromatic N) is 6. The minimum atomic E-state index is -0.340. The van der Waals surface area contributed by atoms with E-state index in [9.17, 15) is 4.79 Å². The Kier molecular flexibility index (Phi) is 3.16. The lowest BCUT2D eigenvalue weighted by Crippen LogP contribution is -2.26. The van der Waals surface area contributed by atoms with Crippen molar-refractivity contribution in [3.63, 3.8) is 0 Å². The average molecular weight is 222 g/mol. The molecule has 2 rings (SSSR count). The van der Waals surface area contributed by atoms with Gasteiger partial charge in [-0.1, -0.05) is 5.21 Å². The lowest BCUT2D eigenvalue weighted by molar-refractivity contribution is 0.0942. The third kappa shape index (κ3) is 2.59. The predicted octanol–water partition coefficient (Wildman–Crippen LogP) is -1.39. The molecule has 1 amide bonds. The highest BCUT2D eigenvalue weighted by Gasteiger charge is 2.08. The van der Waals surface area contributed by atoms with Crippen LogP contribution in [-0.2, 0) is 6.54 Å². The van der Waals surface area contributed by atoms with Crippen LogP contribution >= 0.6 is 0 Å². The standard InChI is InChI=1S/C7H10N8O/c16-7(6-10-12-13-11-6)8-2-1-4-15-5-3-9-14-15/h3,5H,1-2,4H2,(H,8,16)(H,10,11,12,13). The van der Waals surface area contributed by atoms with Crippen LogP contribution in [0.4, 0.5) is 0 Å². The molecule has 9 heteroatoms. The summed E-state index contributed by atoms with van der Waals surface area (Å²) >= 11 is 0. The molecule has 84 valence electrons. The summed E-state index contributed by atoms with van der Waals surface area (Å²) in [6.07, 6.45) is 4.13. The fourth-order valence-electron chi connectivity index (χ4n) is 1.13. The van der Waals surface area contributed by atoms with Crippen molar-refractivity contribution in [2.24, 2.45) is 0 Å². The molecule has 0 saturated carbocycles. The number of aromatic amines is 1. The molecular formula is C7H10N8O. The third-order valence-corrected chi connectivity index (χ3v) is 1.87. The van der Waals surface area contributed by atoms with Crippen LogP contribution in [0.25, 0.3) is 0 Å². The van der Waals surface area contributed by atoms with Crippen LogP contribution in [0.1, 0.15) is 17.0 Å². The molecule has 2 aromatic rings. The van der Waals surface area contributed by atoms with Crippen LogP contribution in [0.3, 0.4) is 0 Å². The predicted molar refractivity (Wildman–Crippen MR) is 51.1 cm³/mol. The lowest BCUT2D eigenvalue weighted by atomic mass is 10.4. The van der Waals surface area contributed by atoms with Gasteiger partial charge in [-0.2, -0.15) is 5.21 Å². The number of hydrogen-bond acceptors (Lipinski definition) is 6. The summed E-state index contributed by atoms with van der Waals surface area (Å²) in [4.78, 5) is 11.3. The maximum Gasteiger partial charge on any atom is 0.292 e. The van der Waals surface area contributed by atoms with Gasteiger partial charge in [-0.25, -0.2) is 0 Å². The van der Waals surface area contributed by atoms with Crippen LogP contribution < -0.4 is 5.32 Å². The highest BCUT2D eigenvalue weighted by molar-refractivity contribution is 5.89. The number of nitrogens with one attached hydrogen (secondary N) is 2. The molecule has 9 nitrogen and oxygen atoms in total. The van der Waals surface area contributed by atoms with Crippen molar-refractivity contribution in [3.8, 4) is 0 Å². The second kappa shape index (κ2) is 4.96. The van der Waals surface area contributed by atoms with Gasteiger partial charge < -0.3 is 5.32 Å². The van der Waals surface area contributed by atoms with E-state index in [1.807, 2.05) is 0 Å². The maximum absolute atomic E-state index is 11.3. The van der Waals surface area contributed by atoms with E-state index in [0.29, 0.717) is 13.1 Å². The number of hydrogen-bond donors (Lipinski definition) is 2. The Morgan fingerprint density at radius 3 is 3.19 bits per heavy atom. The zero-order chi connectivity index (χ0) is 11.2. The molecule has 0 aliphatic rings.